The van der Waals surface area contributed by atoms with Crippen LogP contribution in [-0.2, 0) is 11.3 Å². The number of thioether (sulfide) groups is 1. The predicted molar refractivity (Wildman–Crippen MR) is 133 cm³/mol. The Labute approximate surface area is 207 Å². The number of carbonyl (C=O) groups is 1. The number of hydrogen-bond acceptors (Lipinski definition) is 6. The summed E-state index contributed by atoms with van der Waals surface area (Å²) in [6.45, 7) is 2.57. The average molecular weight is 492 g/mol. The third-order valence-electron chi connectivity index (χ3n) is 5.12. The number of benzene rings is 2. The third kappa shape index (κ3) is 5.50. The molecule has 34 heavy (non-hydrogen) atoms. The van der Waals surface area contributed by atoms with E-state index in [9.17, 15) is 4.79 Å². The smallest absolute Gasteiger partial charge is 0.240 e. The Morgan fingerprint density at radius 1 is 1.15 bits per heavy atom. The van der Waals surface area contributed by atoms with Crippen LogP contribution in [-0.4, -0.2) is 32.5 Å². The van der Waals surface area contributed by atoms with Gasteiger partial charge in [0.25, 0.3) is 0 Å². The standard InChI is InChI=1S/C25H22ClN5O2S/c1-18(24(32)30(15-6-14-27)21-7-3-2-4-8-21)34-25-29-28-23(19-10-12-20(26)13-11-19)31(25)17-22-9-5-16-33-22/h2-5,7-13,16,18H,6,15,17H2,1H3. The maximum absolute atomic E-state index is 13.4. The van der Waals surface area contributed by atoms with Gasteiger partial charge in [-0.1, -0.05) is 41.6 Å². The Balaban J connectivity index is 1.62. The molecule has 0 aliphatic carbocycles. The van der Waals surface area contributed by atoms with Crippen molar-refractivity contribution in [1.82, 2.24) is 14.8 Å². The molecule has 0 aliphatic rings. The number of hydrogen-bond donors (Lipinski definition) is 0. The van der Waals surface area contributed by atoms with Crippen molar-refractivity contribution in [3.8, 4) is 17.5 Å². The van der Waals surface area contributed by atoms with Gasteiger partial charge in [-0.15, -0.1) is 10.2 Å². The molecular weight excluding hydrogens is 470 g/mol. The van der Waals surface area contributed by atoms with Gasteiger partial charge in [-0.25, -0.2) is 0 Å². The number of halogens is 1. The predicted octanol–water partition coefficient (Wildman–Crippen LogP) is 5.67. The molecule has 0 fully saturated rings. The SMILES string of the molecule is CC(Sc1nnc(-c2ccc(Cl)cc2)n1Cc1ccco1)C(=O)N(CCC#N)c1ccccc1. The maximum Gasteiger partial charge on any atom is 0.240 e. The molecule has 2 aromatic carbocycles. The van der Waals surface area contributed by atoms with Crippen LogP contribution in [0.1, 0.15) is 19.1 Å². The summed E-state index contributed by atoms with van der Waals surface area (Å²) in [6, 6.07) is 22.6. The van der Waals surface area contributed by atoms with Gasteiger partial charge in [-0.05, 0) is 55.5 Å². The molecule has 1 unspecified atom stereocenters. The van der Waals surface area contributed by atoms with E-state index in [1.165, 1.54) is 11.8 Å². The second kappa shape index (κ2) is 11.1. The van der Waals surface area contributed by atoms with E-state index in [0.717, 1.165) is 17.0 Å². The number of furan rings is 1. The molecule has 0 saturated carbocycles. The van der Waals surface area contributed by atoms with Crippen molar-refractivity contribution in [2.24, 2.45) is 0 Å². The zero-order chi connectivity index (χ0) is 23.9. The highest BCUT2D eigenvalue weighted by molar-refractivity contribution is 8.00. The van der Waals surface area contributed by atoms with Crippen LogP contribution < -0.4 is 4.90 Å². The minimum absolute atomic E-state index is 0.105. The van der Waals surface area contributed by atoms with Gasteiger partial charge in [0.1, 0.15) is 5.76 Å². The number of anilines is 1. The second-order valence-electron chi connectivity index (χ2n) is 7.47. The third-order valence-corrected chi connectivity index (χ3v) is 6.44. The van der Waals surface area contributed by atoms with Crippen LogP contribution in [0.15, 0.2) is 82.6 Å². The molecule has 4 aromatic rings. The number of rotatable bonds is 9. The molecule has 7 nitrogen and oxygen atoms in total. The Morgan fingerprint density at radius 3 is 2.59 bits per heavy atom. The molecule has 0 bridgehead atoms. The number of aromatic nitrogens is 3. The lowest BCUT2D eigenvalue weighted by Gasteiger charge is -2.24. The molecule has 2 aromatic heterocycles. The fraction of sp³-hybridized carbons (Fsp3) is 0.200. The van der Waals surface area contributed by atoms with E-state index < -0.39 is 5.25 Å². The number of amides is 1. The van der Waals surface area contributed by atoms with Crippen molar-refractivity contribution in [3.63, 3.8) is 0 Å². The van der Waals surface area contributed by atoms with Gasteiger partial charge in [-0.2, -0.15) is 5.26 Å². The van der Waals surface area contributed by atoms with Crippen LogP contribution in [0.5, 0.6) is 0 Å². The first-order valence-corrected chi connectivity index (χ1v) is 11.9. The zero-order valence-electron chi connectivity index (χ0n) is 18.5. The van der Waals surface area contributed by atoms with Crippen molar-refractivity contribution in [2.45, 2.75) is 30.3 Å². The fourth-order valence-electron chi connectivity index (χ4n) is 3.45. The monoisotopic (exact) mass is 491 g/mol. The van der Waals surface area contributed by atoms with Gasteiger partial charge < -0.3 is 9.32 Å². The lowest BCUT2D eigenvalue weighted by molar-refractivity contribution is -0.117. The molecule has 0 saturated heterocycles. The van der Waals surface area contributed by atoms with Crippen molar-refractivity contribution < 1.29 is 9.21 Å². The largest absolute Gasteiger partial charge is 0.467 e. The number of nitriles is 1. The summed E-state index contributed by atoms with van der Waals surface area (Å²) < 4.78 is 7.48. The first-order chi connectivity index (χ1) is 16.6. The summed E-state index contributed by atoms with van der Waals surface area (Å²) in [7, 11) is 0. The van der Waals surface area contributed by atoms with E-state index >= 15 is 0 Å². The van der Waals surface area contributed by atoms with Crippen LogP contribution in [0.4, 0.5) is 5.69 Å². The summed E-state index contributed by atoms with van der Waals surface area (Å²) in [5.74, 6) is 1.29. The van der Waals surface area contributed by atoms with Gasteiger partial charge in [-0.3, -0.25) is 9.36 Å². The van der Waals surface area contributed by atoms with Crippen LogP contribution in [0.2, 0.25) is 5.02 Å². The van der Waals surface area contributed by atoms with E-state index in [1.807, 2.05) is 66.1 Å². The first kappa shape index (κ1) is 23.6. The van der Waals surface area contributed by atoms with E-state index in [1.54, 1.807) is 23.3 Å². The molecule has 1 atom stereocenters. The highest BCUT2D eigenvalue weighted by Gasteiger charge is 2.26. The summed E-state index contributed by atoms with van der Waals surface area (Å²) in [6.07, 6.45) is 1.86. The van der Waals surface area contributed by atoms with E-state index in [4.69, 9.17) is 21.3 Å². The number of carbonyl (C=O) groups excluding carboxylic acids is 1. The fourth-order valence-corrected chi connectivity index (χ4v) is 4.49. The normalized spacial score (nSPS) is 11.7. The minimum Gasteiger partial charge on any atom is -0.467 e. The molecule has 1 amide bonds. The van der Waals surface area contributed by atoms with Crippen molar-refractivity contribution >= 4 is 35.0 Å². The van der Waals surface area contributed by atoms with Crippen LogP contribution in [0.25, 0.3) is 11.4 Å². The van der Waals surface area contributed by atoms with Crippen LogP contribution in [0.3, 0.4) is 0 Å². The molecule has 2 heterocycles. The molecule has 0 spiro atoms. The second-order valence-corrected chi connectivity index (χ2v) is 9.22. The van der Waals surface area contributed by atoms with Gasteiger partial charge in [0, 0.05) is 22.8 Å². The molecule has 172 valence electrons. The van der Waals surface area contributed by atoms with Gasteiger partial charge in [0.15, 0.2) is 11.0 Å². The lowest BCUT2D eigenvalue weighted by atomic mass is 10.2. The molecule has 9 heteroatoms. The van der Waals surface area contributed by atoms with E-state index in [2.05, 4.69) is 16.3 Å². The molecule has 0 radical (unpaired) electrons. The Kier molecular flexibility index (Phi) is 7.68. The molecule has 0 aliphatic heterocycles. The van der Waals surface area contributed by atoms with E-state index in [0.29, 0.717) is 29.1 Å². The highest BCUT2D eigenvalue weighted by Crippen LogP contribution is 2.30. The van der Waals surface area contributed by atoms with Crippen LogP contribution >= 0.6 is 23.4 Å². The quantitative estimate of drug-likeness (QED) is 0.280. The lowest BCUT2D eigenvalue weighted by Crippen LogP contribution is -2.37. The summed E-state index contributed by atoms with van der Waals surface area (Å²) in [4.78, 5) is 15.0. The van der Waals surface area contributed by atoms with Crippen molar-refractivity contribution in [1.29, 1.82) is 5.26 Å². The Morgan fingerprint density at radius 2 is 1.91 bits per heavy atom. The molecule has 4 rings (SSSR count). The topological polar surface area (TPSA) is 87.9 Å². The maximum atomic E-state index is 13.4. The Bertz CT molecular complexity index is 1270. The zero-order valence-corrected chi connectivity index (χ0v) is 20.0. The molecule has 0 N–H and O–H groups in total. The van der Waals surface area contributed by atoms with E-state index in [-0.39, 0.29) is 12.3 Å². The number of nitrogens with zero attached hydrogens (tertiary/aromatic N) is 5. The summed E-state index contributed by atoms with van der Waals surface area (Å²) in [5.41, 5.74) is 1.61. The van der Waals surface area contributed by atoms with Gasteiger partial charge in [0.05, 0.1) is 30.5 Å². The minimum atomic E-state index is -0.462. The van der Waals surface area contributed by atoms with Crippen molar-refractivity contribution in [2.75, 3.05) is 11.4 Å². The average Bonchev–Trinajstić information content (AvgIpc) is 3.51. The van der Waals surface area contributed by atoms with Crippen molar-refractivity contribution in [3.05, 3.63) is 83.8 Å². The van der Waals surface area contributed by atoms with Gasteiger partial charge in [0.2, 0.25) is 5.91 Å². The van der Waals surface area contributed by atoms with Gasteiger partial charge >= 0.3 is 0 Å². The van der Waals surface area contributed by atoms with Crippen LogP contribution in [0, 0.1) is 11.3 Å². The number of para-hydroxylation sites is 1. The summed E-state index contributed by atoms with van der Waals surface area (Å²) in [5, 5.41) is 18.6. The highest BCUT2D eigenvalue weighted by atomic mass is 35.5. The molecular formula is C25H22ClN5O2S. The summed E-state index contributed by atoms with van der Waals surface area (Å²) >= 11 is 7.38. The first-order valence-electron chi connectivity index (χ1n) is 10.7. The Hall–Kier alpha value is -3.54.